The minimum atomic E-state index is -0.123. The third kappa shape index (κ3) is 8.06. The molecule has 0 heterocycles. The van der Waals surface area contributed by atoms with Crippen molar-refractivity contribution in [2.24, 2.45) is 11.5 Å². The van der Waals surface area contributed by atoms with E-state index in [1.165, 1.54) is 25.7 Å². The van der Waals surface area contributed by atoms with E-state index in [4.69, 9.17) is 11.5 Å². The molecule has 3 nitrogen and oxygen atoms in total. The summed E-state index contributed by atoms with van der Waals surface area (Å²) in [4.78, 5) is 0. The minimum absolute atomic E-state index is 0.0292. The summed E-state index contributed by atoms with van der Waals surface area (Å²) in [6, 6.07) is -0.0292. The number of unbranched alkanes of at least 4 members (excludes halogenated alkanes) is 3. The van der Waals surface area contributed by atoms with Gasteiger partial charge in [0.2, 0.25) is 0 Å². The second kappa shape index (κ2) is 9.16. The molecular formula is C16H33N3. The first-order valence-electron chi connectivity index (χ1n) is 7.44. The summed E-state index contributed by atoms with van der Waals surface area (Å²) in [6.07, 6.45) is 6.64. The number of nitrogens with one attached hydrogen (secondary N) is 1. The Morgan fingerprint density at radius 2 is 1.84 bits per heavy atom. The normalized spacial score (nSPS) is 13.3. The van der Waals surface area contributed by atoms with E-state index in [-0.39, 0.29) is 11.6 Å². The fraction of sp³-hybridized carbons (Fsp3) is 0.750. The van der Waals surface area contributed by atoms with Crippen LogP contribution in [0.1, 0.15) is 59.3 Å². The molecule has 0 saturated carbocycles. The molecule has 5 N–H and O–H groups in total. The van der Waals surface area contributed by atoms with Gasteiger partial charge >= 0.3 is 0 Å². The Morgan fingerprint density at radius 3 is 2.37 bits per heavy atom. The molecule has 0 aliphatic rings. The van der Waals surface area contributed by atoms with Gasteiger partial charge in [0, 0.05) is 17.3 Å². The van der Waals surface area contributed by atoms with E-state index >= 15 is 0 Å². The molecule has 0 aliphatic heterocycles. The highest BCUT2D eigenvalue weighted by molar-refractivity contribution is 5.19. The summed E-state index contributed by atoms with van der Waals surface area (Å²) in [7, 11) is 0. The summed E-state index contributed by atoms with van der Waals surface area (Å²) in [5.74, 6) is 0. The van der Waals surface area contributed by atoms with E-state index in [1.807, 2.05) is 0 Å². The van der Waals surface area contributed by atoms with Gasteiger partial charge in [0.25, 0.3) is 0 Å². The molecule has 0 aliphatic carbocycles. The predicted octanol–water partition coefficient (Wildman–Crippen LogP) is 3.07. The van der Waals surface area contributed by atoms with Crippen LogP contribution in [-0.4, -0.2) is 18.1 Å². The smallest absolute Gasteiger partial charge is 0.0349 e. The molecule has 0 aromatic carbocycles. The molecule has 0 aromatic rings. The largest absolute Gasteiger partial charge is 0.403 e. The minimum Gasteiger partial charge on any atom is -0.403 e. The monoisotopic (exact) mass is 267 g/mol. The fourth-order valence-corrected chi connectivity index (χ4v) is 2.04. The van der Waals surface area contributed by atoms with E-state index < -0.39 is 0 Å². The lowest BCUT2D eigenvalue weighted by Crippen LogP contribution is -2.46. The van der Waals surface area contributed by atoms with Crippen molar-refractivity contribution >= 4 is 0 Å². The fourth-order valence-electron chi connectivity index (χ4n) is 2.04. The van der Waals surface area contributed by atoms with Crippen molar-refractivity contribution in [3.63, 3.8) is 0 Å². The van der Waals surface area contributed by atoms with Crippen molar-refractivity contribution in [3.8, 4) is 0 Å². The molecule has 0 aromatic heterocycles. The predicted molar refractivity (Wildman–Crippen MR) is 85.9 cm³/mol. The molecule has 0 saturated heterocycles. The van der Waals surface area contributed by atoms with Crippen LogP contribution in [0.3, 0.4) is 0 Å². The number of rotatable bonds is 11. The molecule has 112 valence electrons. The topological polar surface area (TPSA) is 64.1 Å². The van der Waals surface area contributed by atoms with Gasteiger partial charge in [-0.3, -0.25) is 0 Å². The molecule has 0 bridgehead atoms. The summed E-state index contributed by atoms with van der Waals surface area (Å²) in [6.45, 7) is 15.4. The Morgan fingerprint density at radius 1 is 1.21 bits per heavy atom. The van der Waals surface area contributed by atoms with Crippen molar-refractivity contribution in [2.75, 3.05) is 6.54 Å². The van der Waals surface area contributed by atoms with Crippen LogP contribution < -0.4 is 16.8 Å². The molecule has 0 fully saturated rings. The first-order chi connectivity index (χ1) is 8.81. The Hall–Kier alpha value is -0.800. The maximum Gasteiger partial charge on any atom is 0.0349 e. The van der Waals surface area contributed by atoms with Crippen molar-refractivity contribution in [1.29, 1.82) is 0 Å². The maximum absolute atomic E-state index is 6.17. The molecule has 0 rings (SSSR count). The highest BCUT2D eigenvalue weighted by atomic mass is 15.0. The molecule has 1 atom stereocenters. The average Bonchev–Trinajstić information content (AvgIpc) is 2.34. The van der Waals surface area contributed by atoms with Gasteiger partial charge in [0.15, 0.2) is 0 Å². The van der Waals surface area contributed by atoms with Crippen LogP contribution in [0.5, 0.6) is 0 Å². The zero-order valence-electron chi connectivity index (χ0n) is 13.1. The van der Waals surface area contributed by atoms with Crippen LogP contribution in [-0.2, 0) is 0 Å². The van der Waals surface area contributed by atoms with Gasteiger partial charge in [0.05, 0.1) is 0 Å². The third-order valence-corrected chi connectivity index (χ3v) is 3.62. The second-order valence-electron chi connectivity index (χ2n) is 5.94. The van der Waals surface area contributed by atoms with Gasteiger partial charge in [-0.15, -0.1) is 0 Å². The molecule has 0 amide bonds. The van der Waals surface area contributed by atoms with Gasteiger partial charge < -0.3 is 16.8 Å². The summed E-state index contributed by atoms with van der Waals surface area (Å²) < 4.78 is 0. The van der Waals surface area contributed by atoms with Crippen molar-refractivity contribution < 1.29 is 0 Å². The Balaban J connectivity index is 4.07. The Kier molecular flexibility index (Phi) is 8.77. The van der Waals surface area contributed by atoms with Gasteiger partial charge in [-0.2, -0.15) is 0 Å². The van der Waals surface area contributed by atoms with Crippen LogP contribution in [0.25, 0.3) is 0 Å². The highest BCUT2D eigenvalue weighted by Crippen LogP contribution is 2.20. The Labute approximate surface area is 119 Å². The summed E-state index contributed by atoms with van der Waals surface area (Å²) in [5.41, 5.74) is 13.4. The van der Waals surface area contributed by atoms with E-state index in [2.05, 4.69) is 39.2 Å². The lowest BCUT2D eigenvalue weighted by molar-refractivity contribution is 0.412. The zero-order valence-corrected chi connectivity index (χ0v) is 13.1. The van der Waals surface area contributed by atoms with Crippen molar-refractivity contribution in [2.45, 2.75) is 70.9 Å². The summed E-state index contributed by atoms with van der Waals surface area (Å²) in [5, 5.41) is 3.55. The first kappa shape index (κ1) is 18.2. The highest BCUT2D eigenvalue weighted by Gasteiger charge is 2.24. The van der Waals surface area contributed by atoms with Gasteiger partial charge in [-0.25, -0.2) is 0 Å². The van der Waals surface area contributed by atoms with Crippen LogP contribution in [0.2, 0.25) is 0 Å². The van der Waals surface area contributed by atoms with E-state index in [9.17, 15) is 0 Å². The molecular weight excluding hydrogens is 234 g/mol. The Bertz CT molecular complexity index is 282. The average molecular weight is 267 g/mol. The zero-order chi connectivity index (χ0) is 14.9. The van der Waals surface area contributed by atoms with Crippen LogP contribution in [0.15, 0.2) is 24.4 Å². The number of nitrogens with two attached hydrogens (primary N) is 2. The maximum atomic E-state index is 6.17. The lowest BCUT2D eigenvalue weighted by Gasteiger charge is -2.32. The van der Waals surface area contributed by atoms with Crippen molar-refractivity contribution in [3.05, 3.63) is 24.4 Å². The van der Waals surface area contributed by atoms with Crippen LogP contribution in [0, 0.1) is 0 Å². The van der Waals surface area contributed by atoms with E-state index in [0.717, 1.165) is 25.0 Å². The number of allylic oxidation sites excluding steroid dienone is 1. The molecule has 1 unspecified atom stereocenters. The lowest BCUT2D eigenvalue weighted by atomic mass is 9.87. The van der Waals surface area contributed by atoms with E-state index in [0.29, 0.717) is 5.70 Å². The van der Waals surface area contributed by atoms with E-state index in [1.54, 1.807) is 0 Å². The van der Waals surface area contributed by atoms with Gasteiger partial charge in [-0.05, 0) is 45.2 Å². The summed E-state index contributed by atoms with van der Waals surface area (Å²) >= 11 is 0. The number of hydrogen-bond donors (Lipinski definition) is 3. The van der Waals surface area contributed by atoms with Crippen molar-refractivity contribution in [1.82, 2.24) is 5.32 Å². The third-order valence-electron chi connectivity index (χ3n) is 3.62. The SMILES string of the molecule is C=C(N)CCC(N)C(=C)C(C)(C)NCCCCCC. The molecule has 0 radical (unpaired) electrons. The van der Waals surface area contributed by atoms with Gasteiger partial charge in [0.1, 0.15) is 0 Å². The first-order valence-corrected chi connectivity index (χ1v) is 7.44. The van der Waals surface area contributed by atoms with Crippen LogP contribution in [0.4, 0.5) is 0 Å². The quantitative estimate of drug-likeness (QED) is 0.398. The van der Waals surface area contributed by atoms with Gasteiger partial charge in [-0.1, -0.05) is 39.3 Å². The standard InChI is InChI=1S/C16H33N3/c1-6-7-8-9-12-19-16(4,5)14(3)15(18)11-10-13(2)17/h15,19H,2-3,6-12,17-18H2,1,4-5H3. The number of hydrogen-bond acceptors (Lipinski definition) is 3. The molecule has 3 heteroatoms. The van der Waals surface area contributed by atoms with Crippen LogP contribution >= 0.6 is 0 Å². The second-order valence-corrected chi connectivity index (χ2v) is 5.94. The molecule has 19 heavy (non-hydrogen) atoms. The molecule has 0 spiro atoms.